The number of aryl methyl sites for hydroxylation is 2. The van der Waals surface area contributed by atoms with E-state index < -0.39 is 12.3 Å². The summed E-state index contributed by atoms with van der Waals surface area (Å²) >= 11 is 0. The van der Waals surface area contributed by atoms with Crippen LogP contribution in [-0.2, 0) is 4.79 Å². The van der Waals surface area contributed by atoms with Gasteiger partial charge in [-0.2, -0.15) is 0 Å². The Bertz CT molecular complexity index is 862. The molecule has 7 heteroatoms. The largest absolute Gasteiger partial charge is 0.341 e. The first kappa shape index (κ1) is 17.8. The fourth-order valence-electron chi connectivity index (χ4n) is 2.58. The molecule has 1 saturated carbocycles. The number of amides is 1. The van der Waals surface area contributed by atoms with Crippen LogP contribution in [0.25, 0.3) is 0 Å². The van der Waals surface area contributed by atoms with Gasteiger partial charge in [-0.25, -0.2) is 8.78 Å². The fourth-order valence-corrected chi connectivity index (χ4v) is 2.58. The second-order valence-corrected chi connectivity index (χ2v) is 6.35. The topological polar surface area (TPSA) is 77.0 Å². The summed E-state index contributed by atoms with van der Waals surface area (Å²) in [5, 5.41) is 15.8. The Morgan fingerprint density at radius 2 is 1.96 bits per heavy atom. The molecule has 0 radical (unpaired) electrons. The summed E-state index contributed by atoms with van der Waals surface area (Å²) in [4.78, 5) is 12.6. The molecule has 0 atom stereocenters. The van der Waals surface area contributed by atoms with E-state index in [0.29, 0.717) is 11.4 Å². The number of alkyl halides is 2. The molecule has 0 aromatic heterocycles. The highest BCUT2D eigenvalue weighted by Crippen LogP contribution is 2.33. The van der Waals surface area contributed by atoms with Gasteiger partial charge in [0.25, 0.3) is 12.3 Å². The van der Waals surface area contributed by atoms with Crippen molar-refractivity contribution in [1.29, 1.82) is 5.41 Å². The molecule has 1 aromatic carbocycles. The quantitative estimate of drug-likeness (QED) is 0.492. The molecule has 0 saturated heterocycles. The highest BCUT2D eigenvalue weighted by Gasteiger charge is 2.26. The van der Waals surface area contributed by atoms with Crippen LogP contribution in [0.15, 0.2) is 52.6 Å². The number of nitrogens with one attached hydrogen (secondary N) is 4. The van der Waals surface area contributed by atoms with E-state index in [1.165, 1.54) is 6.08 Å². The van der Waals surface area contributed by atoms with E-state index in [-0.39, 0.29) is 17.1 Å². The number of benzene rings is 1. The predicted octanol–water partition coefficient (Wildman–Crippen LogP) is 3.49. The molecule has 1 fully saturated rings. The number of carbonyl (C=O) groups excluding carboxylic acids is 1. The first-order valence-electron chi connectivity index (χ1n) is 8.28. The maximum Gasteiger partial charge on any atom is 0.278 e. The van der Waals surface area contributed by atoms with E-state index in [2.05, 4.69) is 16.0 Å². The number of rotatable bonds is 4. The summed E-state index contributed by atoms with van der Waals surface area (Å²) in [6.45, 7) is 3.89. The Labute approximate surface area is 150 Å². The van der Waals surface area contributed by atoms with Gasteiger partial charge in [0.1, 0.15) is 5.82 Å². The van der Waals surface area contributed by atoms with Crippen molar-refractivity contribution in [2.75, 3.05) is 5.32 Å². The average molecular weight is 358 g/mol. The summed E-state index contributed by atoms with van der Waals surface area (Å²) in [6.07, 6.45) is 1.21. The van der Waals surface area contributed by atoms with Gasteiger partial charge in [0.15, 0.2) is 0 Å². The lowest BCUT2D eigenvalue weighted by Crippen LogP contribution is -2.36. The molecule has 26 heavy (non-hydrogen) atoms. The highest BCUT2D eigenvalue weighted by molar-refractivity contribution is 6.17. The third-order valence-corrected chi connectivity index (χ3v) is 4.37. The van der Waals surface area contributed by atoms with E-state index in [0.717, 1.165) is 35.8 Å². The molecule has 5 nitrogen and oxygen atoms in total. The van der Waals surface area contributed by atoms with Crippen LogP contribution in [0.4, 0.5) is 14.5 Å². The van der Waals surface area contributed by atoms with Crippen molar-refractivity contribution in [2.45, 2.75) is 33.1 Å². The van der Waals surface area contributed by atoms with Crippen LogP contribution in [-0.4, -0.2) is 18.5 Å². The maximum atomic E-state index is 13.2. The zero-order valence-corrected chi connectivity index (χ0v) is 14.5. The molecule has 3 rings (SSSR count). The average Bonchev–Trinajstić information content (AvgIpc) is 3.43. The van der Waals surface area contributed by atoms with Crippen molar-refractivity contribution >= 4 is 17.8 Å². The minimum atomic E-state index is -2.70. The van der Waals surface area contributed by atoms with Crippen LogP contribution in [0.3, 0.4) is 0 Å². The predicted molar refractivity (Wildman–Crippen MR) is 97.0 cm³/mol. The monoisotopic (exact) mass is 358 g/mol. The van der Waals surface area contributed by atoms with Crippen LogP contribution in [0, 0.1) is 19.3 Å². The van der Waals surface area contributed by atoms with Crippen LogP contribution in [0.2, 0.25) is 0 Å². The van der Waals surface area contributed by atoms with Gasteiger partial charge in [0.2, 0.25) is 0 Å². The van der Waals surface area contributed by atoms with Gasteiger partial charge in [0.05, 0.1) is 11.3 Å². The van der Waals surface area contributed by atoms with Crippen molar-refractivity contribution in [3.8, 4) is 0 Å². The fraction of sp³-hybridized carbons (Fsp3) is 0.263. The van der Waals surface area contributed by atoms with Crippen LogP contribution in [0.1, 0.15) is 24.0 Å². The van der Waals surface area contributed by atoms with E-state index in [1.807, 2.05) is 26.0 Å². The molecule has 1 aromatic rings. The molecule has 1 aliphatic heterocycles. The Morgan fingerprint density at radius 3 is 2.54 bits per heavy atom. The lowest BCUT2D eigenvalue weighted by Gasteiger charge is -2.24. The molecule has 4 N–H and O–H groups in total. The molecule has 1 amide bonds. The number of halogens is 2. The van der Waals surface area contributed by atoms with E-state index >= 15 is 0 Å². The molecule has 0 bridgehead atoms. The van der Waals surface area contributed by atoms with Crippen molar-refractivity contribution in [3.63, 3.8) is 0 Å². The Kier molecular flexibility index (Phi) is 4.88. The van der Waals surface area contributed by atoms with Crippen LogP contribution in [0.5, 0.6) is 0 Å². The number of hydrogen-bond donors (Lipinski definition) is 4. The molecular weight excluding hydrogens is 338 g/mol. The summed E-state index contributed by atoms with van der Waals surface area (Å²) in [7, 11) is 0. The summed E-state index contributed by atoms with van der Waals surface area (Å²) in [6, 6.07) is 5.46. The van der Waals surface area contributed by atoms with Gasteiger partial charge in [-0.3, -0.25) is 4.79 Å². The standard InChI is InChI=1S/C19H20F2N4O/c1-10-3-6-13(7-11(10)2)23-19(26)14(9-22)18-24-15(12-4-5-12)8-16(25-18)17(20)21/h3,6-9,17,22,24-25H,4-5H2,1-2H3,(H,23,26)/b18-14+,22-9?. The van der Waals surface area contributed by atoms with E-state index in [4.69, 9.17) is 5.41 Å². The van der Waals surface area contributed by atoms with Gasteiger partial charge >= 0.3 is 0 Å². The summed E-state index contributed by atoms with van der Waals surface area (Å²) in [5.74, 6) is -0.456. The minimum absolute atomic E-state index is 0.0479. The lowest BCUT2D eigenvalue weighted by atomic mass is 10.1. The second-order valence-electron chi connectivity index (χ2n) is 6.35. The first-order valence-corrected chi connectivity index (χ1v) is 8.28. The molecular formula is C19H20F2N4O. The molecule has 0 unspecified atom stereocenters. The zero-order chi connectivity index (χ0) is 18.8. The lowest BCUT2D eigenvalue weighted by molar-refractivity contribution is -0.112. The van der Waals surface area contributed by atoms with E-state index in [1.54, 1.807) is 6.07 Å². The van der Waals surface area contributed by atoms with Crippen molar-refractivity contribution in [3.05, 3.63) is 63.8 Å². The smallest absolute Gasteiger partial charge is 0.278 e. The normalized spacial score (nSPS) is 18.0. The van der Waals surface area contributed by atoms with Gasteiger partial charge in [-0.05, 0) is 61.6 Å². The van der Waals surface area contributed by atoms with Gasteiger partial charge in [-0.15, -0.1) is 0 Å². The maximum absolute atomic E-state index is 13.2. The van der Waals surface area contributed by atoms with Crippen molar-refractivity contribution in [2.24, 2.45) is 0 Å². The van der Waals surface area contributed by atoms with Crippen molar-refractivity contribution < 1.29 is 13.6 Å². The van der Waals surface area contributed by atoms with Gasteiger partial charge < -0.3 is 21.4 Å². The van der Waals surface area contributed by atoms with Crippen LogP contribution >= 0.6 is 0 Å². The Morgan fingerprint density at radius 1 is 1.23 bits per heavy atom. The Hall–Kier alpha value is -2.96. The minimum Gasteiger partial charge on any atom is -0.341 e. The SMILES string of the molecule is Cc1ccc(NC(=O)/C(C=N)=C2/NC(C(F)F)=CC(=C3CC3)N2)cc1C. The van der Waals surface area contributed by atoms with E-state index in [9.17, 15) is 13.6 Å². The molecule has 136 valence electrons. The zero-order valence-electron chi connectivity index (χ0n) is 14.5. The van der Waals surface area contributed by atoms with Crippen molar-refractivity contribution in [1.82, 2.24) is 10.6 Å². The number of allylic oxidation sites excluding steroid dienone is 3. The summed E-state index contributed by atoms with van der Waals surface area (Å²) < 4.78 is 26.4. The van der Waals surface area contributed by atoms with Gasteiger partial charge in [-0.1, -0.05) is 6.07 Å². The molecule has 1 aliphatic carbocycles. The Balaban J connectivity index is 1.89. The highest BCUT2D eigenvalue weighted by atomic mass is 19.3. The van der Waals surface area contributed by atoms with Crippen LogP contribution < -0.4 is 16.0 Å². The summed E-state index contributed by atoms with van der Waals surface area (Å²) in [5.41, 5.74) is 3.97. The number of carbonyl (C=O) groups is 1. The number of hydrogen-bond acceptors (Lipinski definition) is 4. The molecule has 1 heterocycles. The third-order valence-electron chi connectivity index (χ3n) is 4.37. The first-order chi connectivity index (χ1) is 12.4. The number of anilines is 1. The molecule has 0 spiro atoms. The molecule has 2 aliphatic rings. The van der Waals surface area contributed by atoms with Gasteiger partial charge in [0, 0.05) is 17.6 Å². The second kappa shape index (κ2) is 7.11. The third kappa shape index (κ3) is 3.82.